The summed E-state index contributed by atoms with van der Waals surface area (Å²) in [5.74, 6) is -0.910. The van der Waals surface area contributed by atoms with Crippen molar-refractivity contribution < 1.29 is 27.5 Å². The van der Waals surface area contributed by atoms with Gasteiger partial charge in [0.05, 0.1) is 25.4 Å². The normalized spacial score (nSPS) is 15.0. The molecule has 1 fully saturated rings. The zero-order valence-corrected chi connectivity index (χ0v) is 18.0. The monoisotopic (exact) mass is 435 g/mol. The molecule has 0 aliphatic carbocycles. The molecule has 0 spiro atoms. The summed E-state index contributed by atoms with van der Waals surface area (Å²) in [4.78, 5) is 27.5. The molecule has 162 valence electrons. The second-order valence-corrected chi connectivity index (χ2v) is 8.72. The maximum Gasteiger partial charge on any atom is 0.338 e. The van der Waals surface area contributed by atoms with Crippen LogP contribution in [0.4, 0.5) is 5.69 Å². The van der Waals surface area contributed by atoms with Crippen LogP contribution in [0.2, 0.25) is 0 Å². The van der Waals surface area contributed by atoms with Crippen LogP contribution in [-0.2, 0) is 19.5 Å². The topological polar surface area (TPSA) is 118 Å². The van der Waals surface area contributed by atoms with Crippen molar-refractivity contribution in [2.24, 2.45) is 0 Å². The van der Waals surface area contributed by atoms with E-state index in [9.17, 15) is 18.0 Å². The molecule has 0 bridgehead atoms. The number of nitrogens with zero attached hydrogens (tertiary/aromatic N) is 1. The minimum atomic E-state index is -3.74. The first kappa shape index (κ1) is 22.0. The Hall–Kier alpha value is -2.69. The van der Waals surface area contributed by atoms with Crippen LogP contribution < -0.4 is 5.32 Å². The van der Waals surface area contributed by atoms with E-state index in [1.54, 1.807) is 45.0 Å². The molecule has 30 heavy (non-hydrogen) atoms. The van der Waals surface area contributed by atoms with Gasteiger partial charge in [0.15, 0.2) is 0 Å². The van der Waals surface area contributed by atoms with Crippen LogP contribution in [0.15, 0.2) is 29.2 Å². The number of esters is 1. The number of carbonyl (C=O) groups excluding carboxylic acids is 2. The molecule has 2 heterocycles. The maximum atomic E-state index is 13.1. The Morgan fingerprint density at radius 3 is 2.40 bits per heavy atom. The summed E-state index contributed by atoms with van der Waals surface area (Å²) >= 11 is 0. The lowest BCUT2D eigenvalue weighted by molar-refractivity contribution is 0.0526. The van der Waals surface area contributed by atoms with Gasteiger partial charge in [0.25, 0.3) is 5.91 Å². The third-order valence-electron chi connectivity index (χ3n) is 4.82. The van der Waals surface area contributed by atoms with Crippen molar-refractivity contribution in [3.63, 3.8) is 0 Å². The predicted octanol–water partition coefficient (Wildman–Crippen LogP) is 2.08. The highest BCUT2D eigenvalue weighted by molar-refractivity contribution is 7.89. The number of rotatable bonds is 6. The summed E-state index contributed by atoms with van der Waals surface area (Å²) in [6.07, 6.45) is 0. The molecule has 1 amide bonds. The summed E-state index contributed by atoms with van der Waals surface area (Å²) in [6, 6.07) is 6.27. The molecule has 1 aromatic heterocycles. The Bertz CT molecular complexity index is 1040. The third-order valence-corrected chi connectivity index (χ3v) is 6.99. The van der Waals surface area contributed by atoms with Crippen LogP contribution in [0.25, 0.3) is 0 Å². The summed E-state index contributed by atoms with van der Waals surface area (Å²) in [6.45, 7) is 6.48. The molecule has 0 radical (unpaired) electrons. The van der Waals surface area contributed by atoms with Crippen molar-refractivity contribution in [3.8, 4) is 0 Å². The van der Waals surface area contributed by atoms with Gasteiger partial charge < -0.3 is 19.8 Å². The number of aromatic nitrogens is 1. The van der Waals surface area contributed by atoms with Gasteiger partial charge >= 0.3 is 5.97 Å². The van der Waals surface area contributed by atoms with Gasteiger partial charge in [-0.25, -0.2) is 13.2 Å². The zero-order valence-electron chi connectivity index (χ0n) is 17.1. The summed E-state index contributed by atoms with van der Waals surface area (Å²) in [5, 5.41) is 2.72. The fraction of sp³-hybridized carbons (Fsp3) is 0.400. The number of morpholine rings is 1. The molecule has 0 unspecified atom stereocenters. The third kappa shape index (κ3) is 4.40. The minimum Gasteiger partial charge on any atom is -0.462 e. The number of H-pyrrole nitrogens is 1. The van der Waals surface area contributed by atoms with Gasteiger partial charge in [0, 0.05) is 24.5 Å². The van der Waals surface area contributed by atoms with Crippen LogP contribution in [0, 0.1) is 13.8 Å². The number of ether oxygens (including phenoxy) is 2. The lowest BCUT2D eigenvalue weighted by Gasteiger charge is -2.26. The lowest BCUT2D eigenvalue weighted by atomic mass is 10.2. The Morgan fingerprint density at radius 1 is 1.17 bits per heavy atom. The lowest BCUT2D eigenvalue weighted by Crippen LogP contribution is -2.40. The smallest absolute Gasteiger partial charge is 0.338 e. The Morgan fingerprint density at radius 2 is 1.80 bits per heavy atom. The number of hydrogen-bond donors (Lipinski definition) is 2. The first-order valence-corrected chi connectivity index (χ1v) is 11.0. The van der Waals surface area contributed by atoms with Crippen LogP contribution in [0.1, 0.15) is 39.0 Å². The van der Waals surface area contributed by atoms with Crippen molar-refractivity contribution >= 4 is 27.6 Å². The van der Waals surface area contributed by atoms with Crippen molar-refractivity contribution in [3.05, 3.63) is 46.8 Å². The largest absolute Gasteiger partial charge is 0.462 e. The van der Waals surface area contributed by atoms with Gasteiger partial charge in [-0.15, -0.1) is 0 Å². The standard InChI is InChI=1S/C20H25N3O6S/c1-4-29-20(25)15-5-7-16(8-6-15)22-19(24)17-13(2)18(14(3)21-17)30(26,27)23-9-11-28-12-10-23/h5-8,21H,4,9-12H2,1-3H3,(H,22,24). The van der Waals surface area contributed by atoms with Gasteiger partial charge in [0.2, 0.25) is 10.0 Å². The van der Waals surface area contributed by atoms with E-state index in [2.05, 4.69) is 10.3 Å². The van der Waals surface area contributed by atoms with Gasteiger partial charge in [-0.2, -0.15) is 4.31 Å². The summed E-state index contributed by atoms with van der Waals surface area (Å²) in [5.41, 5.74) is 1.79. The van der Waals surface area contributed by atoms with Gasteiger partial charge in [-0.1, -0.05) is 0 Å². The fourth-order valence-corrected chi connectivity index (χ4v) is 5.18. The Labute approximate surface area is 175 Å². The van der Waals surface area contributed by atoms with Crippen LogP contribution in [-0.4, -0.2) is 62.5 Å². The second-order valence-electron chi connectivity index (χ2n) is 6.85. The maximum absolute atomic E-state index is 13.1. The van der Waals surface area contributed by atoms with Gasteiger partial charge in [0.1, 0.15) is 10.6 Å². The van der Waals surface area contributed by atoms with E-state index >= 15 is 0 Å². The van der Waals surface area contributed by atoms with Gasteiger partial charge in [-0.05, 0) is 50.6 Å². The molecule has 1 saturated heterocycles. The Balaban J connectivity index is 1.80. The SMILES string of the molecule is CCOC(=O)c1ccc(NC(=O)c2[nH]c(C)c(S(=O)(=O)N3CCOCC3)c2C)cc1. The number of amides is 1. The molecule has 9 nitrogen and oxygen atoms in total. The van der Waals surface area contributed by atoms with Crippen molar-refractivity contribution in [2.45, 2.75) is 25.7 Å². The number of benzene rings is 1. The van der Waals surface area contributed by atoms with E-state index in [1.165, 1.54) is 4.31 Å². The number of anilines is 1. The molecule has 0 saturated carbocycles. The molecule has 10 heteroatoms. The van der Waals surface area contributed by atoms with Crippen molar-refractivity contribution in [1.82, 2.24) is 9.29 Å². The van der Waals surface area contributed by atoms with E-state index in [0.717, 1.165) is 0 Å². The number of nitrogens with one attached hydrogen (secondary N) is 2. The second kappa shape index (κ2) is 8.99. The molecule has 3 rings (SSSR count). The fourth-order valence-electron chi connectivity index (χ4n) is 3.36. The number of aryl methyl sites for hydroxylation is 1. The molecule has 1 aliphatic rings. The van der Waals surface area contributed by atoms with E-state index in [1.807, 2.05) is 0 Å². The average Bonchev–Trinajstić information content (AvgIpc) is 3.04. The van der Waals surface area contributed by atoms with Crippen LogP contribution >= 0.6 is 0 Å². The summed E-state index contributed by atoms with van der Waals surface area (Å²) in [7, 11) is -3.74. The molecular weight excluding hydrogens is 410 g/mol. The number of aromatic amines is 1. The number of sulfonamides is 1. The van der Waals surface area contributed by atoms with E-state index in [-0.39, 0.29) is 30.3 Å². The predicted molar refractivity (Wildman–Crippen MR) is 110 cm³/mol. The highest BCUT2D eigenvalue weighted by atomic mass is 32.2. The van der Waals surface area contributed by atoms with Crippen LogP contribution in [0.3, 0.4) is 0 Å². The van der Waals surface area contributed by atoms with E-state index in [4.69, 9.17) is 9.47 Å². The highest BCUT2D eigenvalue weighted by Crippen LogP contribution is 2.27. The first-order valence-electron chi connectivity index (χ1n) is 9.61. The van der Waals surface area contributed by atoms with E-state index in [0.29, 0.717) is 35.7 Å². The van der Waals surface area contributed by atoms with E-state index < -0.39 is 21.9 Å². The molecule has 1 aromatic carbocycles. The van der Waals surface area contributed by atoms with Crippen molar-refractivity contribution in [2.75, 3.05) is 38.2 Å². The van der Waals surface area contributed by atoms with Crippen molar-refractivity contribution in [1.29, 1.82) is 0 Å². The molecule has 0 atom stereocenters. The summed E-state index contributed by atoms with van der Waals surface area (Å²) < 4.78 is 37.6. The molecule has 2 N–H and O–H groups in total. The first-order chi connectivity index (χ1) is 14.3. The minimum absolute atomic E-state index is 0.118. The van der Waals surface area contributed by atoms with Gasteiger partial charge in [-0.3, -0.25) is 4.79 Å². The highest BCUT2D eigenvalue weighted by Gasteiger charge is 2.32. The average molecular weight is 436 g/mol. The molecule has 2 aromatic rings. The Kier molecular flexibility index (Phi) is 6.59. The van der Waals surface area contributed by atoms with Crippen LogP contribution in [0.5, 0.6) is 0 Å². The zero-order chi connectivity index (χ0) is 21.9. The number of hydrogen-bond acceptors (Lipinski definition) is 6. The molecule has 1 aliphatic heterocycles. The quantitative estimate of drug-likeness (QED) is 0.671. The number of carbonyl (C=O) groups is 2. The molecular formula is C20H25N3O6S.